The standard InChI is InChI=1S/C16H22N2O/c19-16(13-8-10-17-11-9-13)18-15-7-3-5-12-4-1-2-6-14(12)15/h3,5,7,13,17H,1-2,4,6,8-11H2,(H,18,19). The Hall–Kier alpha value is -1.35. The Balaban J connectivity index is 1.74. The molecule has 1 saturated heterocycles. The van der Waals surface area contributed by atoms with Gasteiger partial charge in [-0.05, 0) is 68.8 Å². The lowest BCUT2D eigenvalue weighted by atomic mass is 9.90. The first kappa shape index (κ1) is 12.7. The van der Waals surface area contributed by atoms with E-state index in [1.807, 2.05) is 0 Å². The molecule has 0 unspecified atom stereocenters. The summed E-state index contributed by atoms with van der Waals surface area (Å²) in [5.41, 5.74) is 3.85. The maximum atomic E-state index is 12.3. The zero-order valence-electron chi connectivity index (χ0n) is 11.4. The van der Waals surface area contributed by atoms with E-state index in [1.165, 1.54) is 24.0 Å². The maximum absolute atomic E-state index is 12.3. The Bertz CT molecular complexity index is 464. The van der Waals surface area contributed by atoms with Crippen LogP contribution in [0.15, 0.2) is 18.2 Å². The van der Waals surface area contributed by atoms with Crippen LogP contribution >= 0.6 is 0 Å². The van der Waals surface area contributed by atoms with Crippen molar-refractivity contribution in [3.63, 3.8) is 0 Å². The molecule has 1 heterocycles. The van der Waals surface area contributed by atoms with Crippen molar-refractivity contribution in [2.75, 3.05) is 18.4 Å². The van der Waals surface area contributed by atoms with Crippen molar-refractivity contribution in [1.82, 2.24) is 5.32 Å². The average Bonchev–Trinajstić information content (AvgIpc) is 2.48. The van der Waals surface area contributed by atoms with Gasteiger partial charge in [0.15, 0.2) is 0 Å². The number of hydrogen-bond acceptors (Lipinski definition) is 2. The van der Waals surface area contributed by atoms with Gasteiger partial charge in [-0.15, -0.1) is 0 Å². The van der Waals surface area contributed by atoms with Crippen LogP contribution in [-0.4, -0.2) is 19.0 Å². The van der Waals surface area contributed by atoms with E-state index >= 15 is 0 Å². The number of carbonyl (C=O) groups is 1. The van der Waals surface area contributed by atoms with Gasteiger partial charge in [-0.25, -0.2) is 0 Å². The van der Waals surface area contributed by atoms with Gasteiger partial charge in [0.05, 0.1) is 0 Å². The van der Waals surface area contributed by atoms with Crippen molar-refractivity contribution in [1.29, 1.82) is 0 Å². The predicted octanol–water partition coefficient (Wildman–Crippen LogP) is 2.50. The molecule has 3 rings (SSSR count). The van der Waals surface area contributed by atoms with Crippen LogP contribution in [0.4, 0.5) is 5.69 Å². The number of amides is 1. The molecule has 1 fully saturated rings. The van der Waals surface area contributed by atoms with Gasteiger partial charge in [0, 0.05) is 11.6 Å². The number of aryl methyl sites for hydroxylation is 1. The summed E-state index contributed by atoms with van der Waals surface area (Å²) in [4.78, 5) is 12.3. The normalized spacial score (nSPS) is 19.8. The van der Waals surface area contributed by atoms with Crippen LogP contribution in [0.5, 0.6) is 0 Å². The fraction of sp³-hybridized carbons (Fsp3) is 0.562. The van der Waals surface area contributed by atoms with Crippen LogP contribution < -0.4 is 10.6 Å². The minimum Gasteiger partial charge on any atom is -0.326 e. The summed E-state index contributed by atoms with van der Waals surface area (Å²) in [6.45, 7) is 1.93. The molecular formula is C16H22N2O. The Morgan fingerprint density at radius 3 is 2.79 bits per heavy atom. The summed E-state index contributed by atoms with van der Waals surface area (Å²) in [7, 11) is 0. The van der Waals surface area contributed by atoms with E-state index in [-0.39, 0.29) is 11.8 Å². The molecule has 0 radical (unpaired) electrons. The topological polar surface area (TPSA) is 41.1 Å². The molecule has 0 atom stereocenters. The van der Waals surface area contributed by atoms with Crippen molar-refractivity contribution in [3.8, 4) is 0 Å². The smallest absolute Gasteiger partial charge is 0.227 e. The second-order valence-electron chi connectivity index (χ2n) is 5.66. The third-order valence-electron chi connectivity index (χ3n) is 4.36. The highest BCUT2D eigenvalue weighted by Gasteiger charge is 2.22. The summed E-state index contributed by atoms with van der Waals surface area (Å²) >= 11 is 0. The maximum Gasteiger partial charge on any atom is 0.227 e. The van der Waals surface area contributed by atoms with E-state index in [0.29, 0.717) is 0 Å². The molecule has 3 nitrogen and oxygen atoms in total. The molecule has 1 aliphatic heterocycles. The summed E-state index contributed by atoms with van der Waals surface area (Å²) in [6, 6.07) is 6.33. The zero-order chi connectivity index (χ0) is 13.1. The van der Waals surface area contributed by atoms with E-state index in [1.54, 1.807) is 0 Å². The molecule has 2 aliphatic rings. The highest BCUT2D eigenvalue weighted by Crippen LogP contribution is 2.28. The molecule has 3 heteroatoms. The van der Waals surface area contributed by atoms with Gasteiger partial charge in [0.1, 0.15) is 0 Å². The number of fused-ring (bicyclic) bond motifs is 1. The number of hydrogen-bond donors (Lipinski definition) is 2. The lowest BCUT2D eigenvalue weighted by Crippen LogP contribution is -2.34. The molecule has 2 N–H and O–H groups in total. The SMILES string of the molecule is O=C(Nc1cccc2c1CCCC2)C1CCNCC1. The molecule has 102 valence electrons. The van der Waals surface area contributed by atoms with Crippen molar-refractivity contribution < 1.29 is 4.79 Å². The summed E-state index contributed by atoms with van der Waals surface area (Å²) in [5, 5.41) is 6.48. The quantitative estimate of drug-likeness (QED) is 0.855. The van der Waals surface area contributed by atoms with Crippen molar-refractivity contribution in [3.05, 3.63) is 29.3 Å². The Labute approximate surface area is 114 Å². The lowest BCUT2D eigenvalue weighted by Gasteiger charge is -2.24. The van der Waals surface area contributed by atoms with E-state index < -0.39 is 0 Å². The first-order valence-corrected chi connectivity index (χ1v) is 7.47. The van der Waals surface area contributed by atoms with E-state index in [2.05, 4.69) is 28.8 Å². The van der Waals surface area contributed by atoms with Crippen LogP contribution in [0.1, 0.15) is 36.8 Å². The fourth-order valence-electron chi connectivity index (χ4n) is 3.22. The average molecular weight is 258 g/mol. The fourth-order valence-corrected chi connectivity index (χ4v) is 3.22. The van der Waals surface area contributed by atoms with Crippen LogP contribution in [0.3, 0.4) is 0 Å². The molecule has 0 aromatic heterocycles. The molecule has 0 spiro atoms. The monoisotopic (exact) mass is 258 g/mol. The van der Waals surface area contributed by atoms with Gasteiger partial charge < -0.3 is 10.6 Å². The number of benzene rings is 1. The summed E-state index contributed by atoms with van der Waals surface area (Å²) < 4.78 is 0. The summed E-state index contributed by atoms with van der Waals surface area (Å²) in [6.07, 6.45) is 6.71. The van der Waals surface area contributed by atoms with E-state index in [4.69, 9.17) is 0 Å². The molecule has 1 aromatic rings. The molecule has 1 aliphatic carbocycles. The van der Waals surface area contributed by atoms with Gasteiger partial charge in [-0.1, -0.05) is 12.1 Å². The van der Waals surface area contributed by atoms with Crippen LogP contribution in [-0.2, 0) is 17.6 Å². The number of carbonyl (C=O) groups excluding carboxylic acids is 1. The highest BCUT2D eigenvalue weighted by molar-refractivity contribution is 5.93. The minimum atomic E-state index is 0.181. The Morgan fingerprint density at radius 1 is 1.16 bits per heavy atom. The zero-order valence-corrected chi connectivity index (χ0v) is 11.4. The number of nitrogens with one attached hydrogen (secondary N) is 2. The third-order valence-corrected chi connectivity index (χ3v) is 4.36. The molecular weight excluding hydrogens is 236 g/mol. The minimum absolute atomic E-state index is 0.181. The molecule has 0 saturated carbocycles. The molecule has 1 amide bonds. The first-order valence-electron chi connectivity index (χ1n) is 7.47. The van der Waals surface area contributed by atoms with Crippen molar-refractivity contribution in [2.45, 2.75) is 38.5 Å². The number of anilines is 1. The number of piperidine rings is 1. The highest BCUT2D eigenvalue weighted by atomic mass is 16.1. The first-order chi connectivity index (χ1) is 9.34. The molecule has 1 aromatic carbocycles. The van der Waals surface area contributed by atoms with Crippen LogP contribution in [0.2, 0.25) is 0 Å². The van der Waals surface area contributed by atoms with Crippen molar-refractivity contribution in [2.24, 2.45) is 5.92 Å². The van der Waals surface area contributed by atoms with Gasteiger partial charge in [-0.2, -0.15) is 0 Å². The Kier molecular flexibility index (Phi) is 3.83. The van der Waals surface area contributed by atoms with E-state index in [0.717, 1.165) is 44.5 Å². The number of rotatable bonds is 2. The van der Waals surface area contributed by atoms with Gasteiger partial charge >= 0.3 is 0 Å². The lowest BCUT2D eigenvalue weighted by molar-refractivity contribution is -0.120. The van der Waals surface area contributed by atoms with Gasteiger partial charge in [0.2, 0.25) is 5.91 Å². The molecule has 19 heavy (non-hydrogen) atoms. The second kappa shape index (κ2) is 5.74. The van der Waals surface area contributed by atoms with E-state index in [9.17, 15) is 4.79 Å². The van der Waals surface area contributed by atoms with Crippen molar-refractivity contribution >= 4 is 11.6 Å². The predicted molar refractivity (Wildman–Crippen MR) is 77.3 cm³/mol. The van der Waals surface area contributed by atoms with Crippen LogP contribution in [0.25, 0.3) is 0 Å². The summed E-state index contributed by atoms with van der Waals surface area (Å²) in [5.74, 6) is 0.390. The second-order valence-corrected chi connectivity index (χ2v) is 5.66. The van der Waals surface area contributed by atoms with Gasteiger partial charge in [0.25, 0.3) is 0 Å². The third kappa shape index (κ3) is 2.81. The van der Waals surface area contributed by atoms with Crippen LogP contribution in [0, 0.1) is 5.92 Å². The molecule has 0 bridgehead atoms. The van der Waals surface area contributed by atoms with Gasteiger partial charge in [-0.3, -0.25) is 4.79 Å². The Morgan fingerprint density at radius 2 is 1.95 bits per heavy atom. The largest absolute Gasteiger partial charge is 0.326 e.